The SMILES string of the molecule is COc1ccccc1NCC(=O)NNC(=O)C1CC1c1ccc(Br)cc1. The highest BCUT2D eigenvalue weighted by atomic mass is 79.9. The van der Waals surface area contributed by atoms with Gasteiger partial charge in [0.2, 0.25) is 5.91 Å². The molecule has 6 nitrogen and oxygen atoms in total. The van der Waals surface area contributed by atoms with Crippen molar-refractivity contribution < 1.29 is 14.3 Å². The lowest BCUT2D eigenvalue weighted by molar-refractivity contribution is -0.128. The lowest BCUT2D eigenvalue weighted by Crippen LogP contribution is -2.45. The van der Waals surface area contributed by atoms with Crippen LogP contribution in [0.25, 0.3) is 0 Å². The first-order valence-electron chi connectivity index (χ1n) is 8.29. The number of carbonyl (C=O) groups excluding carboxylic acids is 2. The van der Waals surface area contributed by atoms with E-state index in [1.54, 1.807) is 13.2 Å². The Morgan fingerprint density at radius 1 is 1.12 bits per heavy atom. The zero-order valence-electron chi connectivity index (χ0n) is 14.3. The van der Waals surface area contributed by atoms with Crippen LogP contribution in [0.3, 0.4) is 0 Å². The highest BCUT2D eigenvalue weighted by Crippen LogP contribution is 2.47. The van der Waals surface area contributed by atoms with E-state index in [4.69, 9.17) is 4.74 Å². The van der Waals surface area contributed by atoms with Gasteiger partial charge in [0.1, 0.15) is 5.75 Å². The molecule has 0 spiro atoms. The molecule has 1 aliphatic rings. The summed E-state index contributed by atoms with van der Waals surface area (Å²) in [6.45, 7) is 0.0292. The number of hydrazine groups is 1. The number of hydrogen-bond acceptors (Lipinski definition) is 4. The molecule has 3 N–H and O–H groups in total. The normalized spacial score (nSPS) is 17.9. The second-order valence-electron chi connectivity index (χ2n) is 6.09. The third kappa shape index (κ3) is 4.54. The summed E-state index contributed by atoms with van der Waals surface area (Å²) in [5, 5.41) is 2.98. The van der Waals surface area contributed by atoms with Crippen molar-refractivity contribution in [3.8, 4) is 5.75 Å². The summed E-state index contributed by atoms with van der Waals surface area (Å²) in [7, 11) is 1.57. The van der Waals surface area contributed by atoms with Crippen LogP contribution in [-0.4, -0.2) is 25.5 Å². The van der Waals surface area contributed by atoms with Gasteiger partial charge in [0, 0.05) is 10.4 Å². The predicted molar refractivity (Wildman–Crippen MR) is 103 cm³/mol. The van der Waals surface area contributed by atoms with Gasteiger partial charge < -0.3 is 10.1 Å². The fourth-order valence-corrected chi connectivity index (χ4v) is 3.06. The zero-order valence-corrected chi connectivity index (χ0v) is 15.9. The van der Waals surface area contributed by atoms with Gasteiger partial charge in [0.25, 0.3) is 5.91 Å². The van der Waals surface area contributed by atoms with E-state index >= 15 is 0 Å². The van der Waals surface area contributed by atoms with Crippen LogP contribution in [0.5, 0.6) is 5.75 Å². The minimum atomic E-state index is -0.329. The van der Waals surface area contributed by atoms with E-state index in [1.807, 2.05) is 42.5 Å². The molecule has 2 aromatic carbocycles. The molecule has 7 heteroatoms. The lowest BCUT2D eigenvalue weighted by Gasteiger charge is -2.11. The van der Waals surface area contributed by atoms with Crippen LogP contribution in [0.2, 0.25) is 0 Å². The smallest absolute Gasteiger partial charge is 0.257 e. The van der Waals surface area contributed by atoms with Crippen LogP contribution in [0, 0.1) is 5.92 Å². The number of carbonyl (C=O) groups is 2. The van der Waals surface area contributed by atoms with E-state index < -0.39 is 0 Å². The Balaban J connectivity index is 1.42. The van der Waals surface area contributed by atoms with Crippen LogP contribution in [0.1, 0.15) is 17.9 Å². The van der Waals surface area contributed by atoms with Crippen molar-refractivity contribution >= 4 is 33.4 Å². The van der Waals surface area contributed by atoms with E-state index in [-0.39, 0.29) is 30.2 Å². The minimum absolute atomic E-state index is 0.0292. The van der Waals surface area contributed by atoms with Gasteiger partial charge in [0.15, 0.2) is 0 Å². The second-order valence-corrected chi connectivity index (χ2v) is 7.01. The van der Waals surface area contributed by atoms with E-state index in [9.17, 15) is 9.59 Å². The number of amides is 2. The topological polar surface area (TPSA) is 79.5 Å². The van der Waals surface area contributed by atoms with Gasteiger partial charge in [-0.1, -0.05) is 40.2 Å². The maximum atomic E-state index is 12.2. The van der Waals surface area contributed by atoms with Crippen molar-refractivity contribution in [3.05, 3.63) is 58.6 Å². The molecule has 0 aliphatic heterocycles. The van der Waals surface area contributed by atoms with E-state index in [2.05, 4.69) is 32.1 Å². The summed E-state index contributed by atoms with van der Waals surface area (Å²) < 4.78 is 6.22. The average molecular weight is 418 g/mol. The Morgan fingerprint density at radius 2 is 1.85 bits per heavy atom. The van der Waals surface area contributed by atoms with Gasteiger partial charge in [-0.3, -0.25) is 20.4 Å². The van der Waals surface area contributed by atoms with Crippen molar-refractivity contribution in [3.63, 3.8) is 0 Å². The third-order valence-corrected chi connectivity index (χ3v) is 4.83. The monoisotopic (exact) mass is 417 g/mol. The standard InChI is InChI=1S/C19H20BrN3O3/c1-26-17-5-3-2-4-16(17)21-11-18(24)22-23-19(25)15-10-14(15)12-6-8-13(20)9-7-12/h2-9,14-15,21H,10-11H2,1H3,(H,22,24)(H,23,25). The molecule has 1 aliphatic carbocycles. The molecule has 3 rings (SSSR count). The fourth-order valence-electron chi connectivity index (χ4n) is 2.80. The number of methoxy groups -OCH3 is 1. The van der Waals surface area contributed by atoms with Gasteiger partial charge >= 0.3 is 0 Å². The first-order chi connectivity index (χ1) is 12.6. The fraction of sp³-hybridized carbons (Fsp3) is 0.263. The van der Waals surface area contributed by atoms with Gasteiger partial charge in [0.05, 0.1) is 19.3 Å². The number of nitrogens with one attached hydrogen (secondary N) is 3. The molecule has 0 aromatic heterocycles. The molecular weight excluding hydrogens is 398 g/mol. The van der Waals surface area contributed by atoms with Crippen LogP contribution in [0.15, 0.2) is 53.0 Å². The predicted octanol–water partition coefficient (Wildman–Crippen LogP) is 2.82. The Kier molecular flexibility index (Phi) is 5.78. The molecule has 0 heterocycles. The lowest BCUT2D eigenvalue weighted by atomic mass is 10.1. The molecule has 0 saturated heterocycles. The molecule has 2 atom stereocenters. The number of halogens is 1. The van der Waals surface area contributed by atoms with Crippen molar-refractivity contribution in [1.29, 1.82) is 0 Å². The summed E-state index contributed by atoms with van der Waals surface area (Å²) in [6, 6.07) is 15.3. The summed E-state index contributed by atoms with van der Waals surface area (Å²) >= 11 is 3.40. The molecule has 0 radical (unpaired) electrons. The summed E-state index contributed by atoms with van der Waals surface area (Å²) in [4.78, 5) is 24.1. The highest BCUT2D eigenvalue weighted by Gasteiger charge is 2.44. The number of anilines is 1. The number of hydrogen-bond donors (Lipinski definition) is 3. The number of ether oxygens (including phenoxy) is 1. The largest absolute Gasteiger partial charge is 0.495 e. The summed E-state index contributed by atoms with van der Waals surface area (Å²) in [5.74, 6) is 0.277. The molecule has 1 fully saturated rings. The number of rotatable bonds is 6. The Bertz CT molecular complexity index is 795. The average Bonchev–Trinajstić information content (AvgIpc) is 3.46. The van der Waals surface area contributed by atoms with Crippen LogP contribution >= 0.6 is 15.9 Å². The Morgan fingerprint density at radius 3 is 2.58 bits per heavy atom. The zero-order chi connectivity index (χ0) is 18.5. The van der Waals surface area contributed by atoms with Crippen molar-refractivity contribution in [1.82, 2.24) is 10.9 Å². The Labute approximate surface area is 160 Å². The highest BCUT2D eigenvalue weighted by molar-refractivity contribution is 9.10. The van der Waals surface area contributed by atoms with E-state index in [0.29, 0.717) is 11.4 Å². The molecule has 136 valence electrons. The van der Waals surface area contributed by atoms with Gasteiger partial charge in [-0.25, -0.2) is 0 Å². The maximum Gasteiger partial charge on any atom is 0.257 e. The molecule has 26 heavy (non-hydrogen) atoms. The first-order valence-corrected chi connectivity index (χ1v) is 9.09. The Hall–Kier alpha value is -2.54. The molecule has 1 saturated carbocycles. The van der Waals surface area contributed by atoms with E-state index in [1.165, 1.54) is 0 Å². The molecular formula is C19H20BrN3O3. The van der Waals surface area contributed by atoms with Gasteiger partial charge in [-0.05, 0) is 42.2 Å². The van der Waals surface area contributed by atoms with Crippen molar-refractivity contribution in [2.24, 2.45) is 5.92 Å². The van der Waals surface area contributed by atoms with Gasteiger partial charge in [-0.15, -0.1) is 0 Å². The minimum Gasteiger partial charge on any atom is -0.495 e. The molecule has 2 amide bonds. The van der Waals surface area contributed by atoms with Crippen molar-refractivity contribution in [2.45, 2.75) is 12.3 Å². The third-order valence-electron chi connectivity index (χ3n) is 4.30. The quantitative estimate of drug-likeness (QED) is 0.631. The van der Waals surface area contributed by atoms with Crippen LogP contribution in [0.4, 0.5) is 5.69 Å². The van der Waals surface area contributed by atoms with Crippen LogP contribution < -0.4 is 20.9 Å². The van der Waals surface area contributed by atoms with E-state index in [0.717, 1.165) is 16.5 Å². The molecule has 0 bridgehead atoms. The summed E-state index contributed by atoms with van der Waals surface area (Å²) in [6.07, 6.45) is 0.794. The first kappa shape index (κ1) is 18.3. The molecule has 2 aromatic rings. The number of benzene rings is 2. The maximum absolute atomic E-state index is 12.2. The summed E-state index contributed by atoms with van der Waals surface area (Å²) in [5.41, 5.74) is 6.80. The van der Waals surface area contributed by atoms with Crippen molar-refractivity contribution in [2.75, 3.05) is 19.0 Å². The number of para-hydroxylation sites is 2. The molecule has 2 unspecified atom stereocenters. The van der Waals surface area contributed by atoms with Gasteiger partial charge in [-0.2, -0.15) is 0 Å². The van der Waals surface area contributed by atoms with Crippen LogP contribution in [-0.2, 0) is 9.59 Å². The second kappa shape index (κ2) is 8.23.